The zero-order chi connectivity index (χ0) is 18.4. The number of carbonyl (C=O) groups excluding carboxylic acids is 2. The Labute approximate surface area is 155 Å². The molecule has 5 heteroatoms. The van der Waals surface area contributed by atoms with E-state index < -0.39 is 0 Å². The van der Waals surface area contributed by atoms with Crippen LogP contribution in [0.25, 0.3) is 6.08 Å². The van der Waals surface area contributed by atoms with Crippen LogP contribution in [0, 0.1) is 5.92 Å². The smallest absolute Gasteiger partial charge is 0.228 e. The average Bonchev–Trinajstić information content (AvgIpc) is 3.31. The lowest BCUT2D eigenvalue weighted by atomic mass is 10.1. The molecule has 1 atom stereocenters. The topological polar surface area (TPSA) is 60.9 Å². The quantitative estimate of drug-likeness (QED) is 0.816. The Morgan fingerprint density at radius 1 is 1.23 bits per heavy atom. The van der Waals surface area contributed by atoms with Gasteiger partial charge in [0.15, 0.2) is 0 Å². The van der Waals surface area contributed by atoms with Crippen LogP contribution in [0.5, 0.6) is 0 Å². The summed E-state index contributed by atoms with van der Waals surface area (Å²) in [5, 5.41) is 9.33. The number of benzene rings is 1. The van der Waals surface area contributed by atoms with Crippen molar-refractivity contribution in [3.8, 4) is 0 Å². The third-order valence-electron chi connectivity index (χ3n) is 5.39. The van der Waals surface area contributed by atoms with Crippen LogP contribution in [0.2, 0.25) is 0 Å². The second-order valence-electron chi connectivity index (χ2n) is 7.21. The minimum absolute atomic E-state index is 0.0226. The number of amides is 2. The predicted octanol–water partition coefficient (Wildman–Crippen LogP) is 2.31. The minimum Gasteiger partial charge on any atom is -0.395 e. The molecule has 0 bridgehead atoms. The fraction of sp³-hybridized carbons (Fsp3) is 0.524. The Kier molecular flexibility index (Phi) is 6.45. The summed E-state index contributed by atoms with van der Waals surface area (Å²) in [6.07, 6.45) is 8.69. The molecular weight excluding hydrogens is 328 g/mol. The highest BCUT2D eigenvalue weighted by Gasteiger charge is 2.39. The van der Waals surface area contributed by atoms with E-state index in [0.717, 1.165) is 18.4 Å². The first kappa shape index (κ1) is 18.6. The fourth-order valence-corrected chi connectivity index (χ4v) is 4.02. The van der Waals surface area contributed by atoms with E-state index in [4.69, 9.17) is 0 Å². The van der Waals surface area contributed by atoms with E-state index in [-0.39, 0.29) is 24.3 Å². The van der Waals surface area contributed by atoms with Crippen molar-refractivity contribution in [2.24, 2.45) is 5.92 Å². The molecule has 0 aromatic heterocycles. The molecule has 1 heterocycles. The zero-order valence-electron chi connectivity index (χ0n) is 15.2. The van der Waals surface area contributed by atoms with Gasteiger partial charge in [-0.15, -0.1) is 0 Å². The Morgan fingerprint density at radius 3 is 2.65 bits per heavy atom. The van der Waals surface area contributed by atoms with Crippen molar-refractivity contribution in [1.29, 1.82) is 0 Å². The van der Waals surface area contributed by atoms with E-state index in [0.29, 0.717) is 32.1 Å². The number of likely N-dealkylation sites (tertiary alicyclic amines) is 1. The number of aliphatic hydroxyl groups excluding tert-OH is 1. The van der Waals surface area contributed by atoms with Gasteiger partial charge in [0.05, 0.1) is 12.5 Å². The van der Waals surface area contributed by atoms with Gasteiger partial charge in [0.25, 0.3) is 0 Å². The Balaban J connectivity index is 1.59. The van der Waals surface area contributed by atoms with E-state index in [9.17, 15) is 14.7 Å². The highest BCUT2D eigenvalue weighted by atomic mass is 16.3. The standard InChI is InChI=1S/C21H28N2O3/c24-14-13-22(12-6-9-17-7-2-1-3-8-17)21(26)18-15-20(25)23(16-18)19-10-4-5-11-19/h1-3,6-9,18-19,24H,4-5,10-16H2/b9-6+/t18-/m0/s1. The van der Waals surface area contributed by atoms with Crippen molar-refractivity contribution in [1.82, 2.24) is 9.80 Å². The van der Waals surface area contributed by atoms with Gasteiger partial charge in [0, 0.05) is 32.1 Å². The number of aliphatic hydroxyl groups is 1. The summed E-state index contributed by atoms with van der Waals surface area (Å²) in [6, 6.07) is 10.2. The monoisotopic (exact) mass is 356 g/mol. The highest BCUT2D eigenvalue weighted by molar-refractivity contribution is 5.89. The minimum atomic E-state index is -0.278. The van der Waals surface area contributed by atoms with Gasteiger partial charge in [-0.3, -0.25) is 9.59 Å². The Bertz CT molecular complexity index is 638. The van der Waals surface area contributed by atoms with E-state index in [1.807, 2.05) is 47.4 Å². The third-order valence-corrected chi connectivity index (χ3v) is 5.39. The van der Waals surface area contributed by atoms with Crippen molar-refractivity contribution in [2.45, 2.75) is 38.1 Å². The maximum absolute atomic E-state index is 12.9. The molecule has 2 aliphatic rings. The van der Waals surface area contributed by atoms with Crippen LogP contribution in [0.1, 0.15) is 37.7 Å². The van der Waals surface area contributed by atoms with Crippen molar-refractivity contribution in [2.75, 3.05) is 26.2 Å². The number of hydrogen-bond donors (Lipinski definition) is 1. The lowest BCUT2D eigenvalue weighted by Crippen LogP contribution is -2.40. The van der Waals surface area contributed by atoms with Crippen molar-refractivity contribution >= 4 is 17.9 Å². The maximum atomic E-state index is 12.9. The summed E-state index contributed by atoms with van der Waals surface area (Å²) in [7, 11) is 0. The molecule has 26 heavy (non-hydrogen) atoms. The molecule has 140 valence electrons. The molecule has 5 nitrogen and oxygen atoms in total. The van der Waals surface area contributed by atoms with Crippen LogP contribution in [-0.4, -0.2) is 59.0 Å². The van der Waals surface area contributed by atoms with Gasteiger partial charge in [0.2, 0.25) is 11.8 Å². The molecule has 1 aromatic rings. The van der Waals surface area contributed by atoms with Gasteiger partial charge in [0.1, 0.15) is 0 Å². The first-order valence-corrected chi connectivity index (χ1v) is 9.59. The summed E-state index contributed by atoms with van der Waals surface area (Å²) in [5.74, 6) is -0.190. The summed E-state index contributed by atoms with van der Waals surface area (Å²) >= 11 is 0. The van der Waals surface area contributed by atoms with Crippen LogP contribution < -0.4 is 0 Å². The maximum Gasteiger partial charge on any atom is 0.228 e. The van der Waals surface area contributed by atoms with Crippen LogP contribution in [0.3, 0.4) is 0 Å². The second kappa shape index (κ2) is 8.99. The van der Waals surface area contributed by atoms with E-state index in [1.54, 1.807) is 4.90 Å². The molecule has 0 radical (unpaired) electrons. The predicted molar refractivity (Wildman–Crippen MR) is 101 cm³/mol. The summed E-state index contributed by atoms with van der Waals surface area (Å²) in [5.41, 5.74) is 1.08. The van der Waals surface area contributed by atoms with Crippen LogP contribution in [0.15, 0.2) is 36.4 Å². The second-order valence-corrected chi connectivity index (χ2v) is 7.21. The largest absolute Gasteiger partial charge is 0.395 e. The fourth-order valence-electron chi connectivity index (χ4n) is 4.02. The zero-order valence-corrected chi connectivity index (χ0v) is 15.2. The molecule has 1 aromatic carbocycles. The van der Waals surface area contributed by atoms with Crippen LogP contribution >= 0.6 is 0 Å². The molecule has 1 aliphatic carbocycles. The number of nitrogens with zero attached hydrogens (tertiary/aromatic N) is 2. The number of carbonyl (C=O) groups is 2. The highest BCUT2D eigenvalue weighted by Crippen LogP contribution is 2.30. The van der Waals surface area contributed by atoms with E-state index in [1.165, 1.54) is 12.8 Å². The van der Waals surface area contributed by atoms with Crippen molar-refractivity contribution in [3.05, 3.63) is 42.0 Å². The van der Waals surface area contributed by atoms with Gasteiger partial charge in [-0.05, 0) is 18.4 Å². The van der Waals surface area contributed by atoms with Gasteiger partial charge in [-0.25, -0.2) is 0 Å². The number of hydrogen-bond acceptors (Lipinski definition) is 3. The molecule has 1 N–H and O–H groups in total. The number of rotatable bonds is 7. The molecule has 2 fully saturated rings. The molecule has 1 aliphatic heterocycles. The van der Waals surface area contributed by atoms with Crippen molar-refractivity contribution < 1.29 is 14.7 Å². The Hall–Kier alpha value is -2.14. The van der Waals surface area contributed by atoms with E-state index >= 15 is 0 Å². The van der Waals surface area contributed by atoms with Gasteiger partial charge in [-0.1, -0.05) is 55.3 Å². The third kappa shape index (κ3) is 4.52. The normalized spacial score (nSPS) is 21.0. The van der Waals surface area contributed by atoms with Crippen molar-refractivity contribution in [3.63, 3.8) is 0 Å². The SMILES string of the molecule is O=C([C@H]1CC(=O)N(C2CCCC2)C1)N(C/C=C/c1ccccc1)CCO. The van der Waals surface area contributed by atoms with Crippen LogP contribution in [-0.2, 0) is 9.59 Å². The van der Waals surface area contributed by atoms with Gasteiger partial charge >= 0.3 is 0 Å². The Morgan fingerprint density at radius 2 is 1.96 bits per heavy atom. The average molecular weight is 356 g/mol. The van der Waals surface area contributed by atoms with Gasteiger partial charge in [-0.2, -0.15) is 0 Å². The van der Waals surface area contributed by atoms with Gasteiger partial charge < -0.3 is 14.9 Å². The molecule has 3 rings (SSSR count). The molecule has 1 saturated heterocycles. The molecule has 2 amide bonds. The van der Waals surface area contributed by atoms with Crippen LogP contribution in [0.4, 0.5) is 0 Å². The van der Waals surface area contributed by atoms with E-state index in [2.05, 4.69) is 0 Å². The summed E-state index contributed by atoms with van der Waals surface area (Å²) < 4.78 is 0. The molecule has 0 spiro atoms. The summed E-state index contributed by atoms with van der Waals surface area (Å²) in [4.78, 5) is 28.8. The first-order chi connectivity index (χ1) is 12.7. The lowest BCUT2D eigenvalue weighted by Gasteiger charge is -2.26. The first-order valence-electron chi connectivity index (χ1n) is 9.59. The summed E-state index contributed by atoms with van der Waals surface area (Å²) in [6.45, 7) is 1.21. The molecular formula is C21H28N2O3. The molecule has 0 unspecified atom stereocenters. The lowest BCUT2D eigenvalue weighted by molar-refractivity contribution is -0.135. The molecule has 1 saturated carbocycles.